The molecule has 1 aliphatic rings. The summed E-state index contributed by atoms with van der Waals surface area (Å²) in [5, 5.41) is 9.32. The van der Waals surface area contributed by atoms with Crippen LogP contribution >= 0.6 is 0 Å². The fourth-order valence-corrected chi connectivity index (χ4v) is 2.56. The Bertz CT molecular complexity index is 527. The van der Waals surface area contributed by atoms with Crippen LogP contribution in [0.15, 0.2) is 18.3 Å². The molecule has 0 aliphatic carbocycles. The summed E-state index contributed by atoms with van der Waals surface area (Å²) in [5.74, 6) is -0.113. The number of carboxylic acid groups (broad SMARTS) is 1. The maximum absolute atomic E-state index is 12.5. The number of likely N-dealkylation sites (tertiary alicyclic amines) is 1. The van der Waals surface area contributed by atoms with Crippen LogP contribution in [0.2, 0.25) is 0 Å². The van der Waals surface area contributed by atoms with E-state index in [0.29, 0.717) is 24.4 Å². The van der Waals surface area contributed by atoms with Crippen LogP contribution in [0, 0.1) is 5.92 Å². The molecule has 2 rings (SSSR count). The van der Waals surface area contributed by atoms with Crippen molar-refractivity contribution in [3.8, 4) is 0 Å². The summed E-state index contributed by atoms with van der Waals surface area (Å²) in [4.78, 5) is 31.4. The third kappa shape index (κ3) is 3.32. The molecule has 1 fully saturated rings. The lowest BCUT2D eigenvalue weighted by Crippen LogP contribution is -2.49. The molecule has 1 aromatic rings. The Morgan fingerprint density at radius 3 is 2.62 bits per heavy atom. The third-order valence-electron chi connectivity index (χ3n) is 3.86. The van der Waals surface area contributed by atoms with E-state index in [4.69, 9.17) is 0 Å². The molecule has 1 aliphatic heterocycles. The molecule has 6 heteroatoms. The lowest BCUT2D eigenvalue weighted by Gasteiger charge is -2.36. The minimum Gasteiger partial charge on any atom is -0.480 e. The molecule has 0 aromatic carbocycles. The first-order chi connectivity index (χ1) is 9.90. The first-order valence-corrected chi connectivity index (χ1v) is 7.07. The van der Waals surface area contributed by atoms with Gasteiger partial charge in [-0.2, -0.15) is 0 Å². The molecule has 0 bridgehead atoms. The maximum atomic E-state index is 12.5. The van der Waals surface area contributed by atoms with E-state index < -0.39 is 12.0 Å². The van der Waals surface area contributed by atoms with Crippen LogP contribution in [-0.2, 0) is 4.79 Å². The SMILES string of the molecule is CC1CCN(C(=O)c2ccc(N(C)C)nc2)C(C(=O)O)C1. The van der Waals surface area contributed by atoms with E-state index in [1.807, 2.05) is 25.9 Å². The van der Waals surface area contributed by atoms with Crippen molar-refractivity contribution in [2.75, 3.05) is 25.5 Å². The number of carboxylic acids is 1. The minimum atomic E-state index is -0.937. The normalized spacial score (nSPS) is 22.0. The van der Waals surface area contributed by atoms with Crippen molar-refractivity contribution in [1.29, 1.82) is 0 Å². The summed E-state index contributed by atoms with van der Waals surface area (Å²) in [6, 6.07) is 2.71. The van der Waals surface area contributed by atoms with Crippen LogP contribution < -0.4 is 4.90 Å². The van der Waals surface area contributed by atoms with Gasteiger partial charge in [-0.05, 0) is 30.9 Å². The van der Waals surface area contributed by atoms with Crippen molar-refractivity contribution in [2.45, 2.75) is 25.8 Å². The van der Waals surface area contributed by atoms with Gasteiger partial charge in [0.1, 0.15) is 11.9 Å². The average Bonchev–Trinajstić information content (AvgIpc) is 2.46. The number of nitrogens with zero attached hydrogens (tertiary/aromatic N) is 3. The molecule has 0 radical (unpaired) electrons. The molecule has 2 heterocycles. The number of carbonyl (C=O) groups is 2. The molecule has 21 heavy (non-hydrogen) atoms. The Kier molecular flexibility index (Phi) is 4.45. The van der Waals surface area contributed by atoms with Gasteiger partial charge < -0.3 is 14.9 Å². The first kappa shape index (κ1) is 15.3. The minimum absolute atomic E-state index is 0.257. The molecule has 0 spiro atoms. The van der Waals surface area contributed by atoms with E-state index in [9.17, 15) is 14.7 Å². The Balaban J connectivity index is 2.19. The number of aliphatic carboxylic acids is 1. The molecule has 0 saturated carbocycles. The van der Waals surface area contributed by atoms with E-state index in [-0.39, 0.29) is 5.91 Å². The van der Waals surface area contributed by atoms with Crippen molar-refractivity contribution in [3.63, 3.8) is 0 Å². The molecule has 1 amide bonds. The van der Waals surface area contributed by atoms with Gasteiger partial charge in [0.25, 0.3) is 5.91 Å². The molecule has 1 N–H and O–H groups in total. The van der Waals surface area contributed by atoms with Crippen LogP contribution in [0.5, 0.6) is 0 Å². The number of aromatic nitrogens is 1. The Hall–Kier alpha value is -2.11. The fraction of sp³-hybridized carbons (Fsp3) is 0.533. The summed E-state index contributed by atoms with van der Waals surface area (Å²) in [7, 11) is 3.74. The predicted octanol–water partition coefficient (Wildman–Crippen LogP) is 1.47. The van der Waals surface area contributed by atoms with Gasteiger partial charge in [-0.1, -0.05) is 6.92 Å². The third-order valence-corrected chi connectivity index (χ3v) is 3.86. The summed E-state index contributed by atoms with van der Waals surface area (Å²) in [5.41, 5.74) is 0.432. The smallest absolute Gasteiger partial charge is 0.326 e. The maximum Gasteiger partial charge on any atom is 0.326 e. The molecule has 2 atom stereocenters. The van der Waals surface area contributed by atoms with Gasteiger partial charge in [0.05, 0.1) is 5.56 Å². The van der Waals surface area contributed by atoms with E-state index >= 15 is 0 Å². The Morgan fingerprint density at radius 1 is 1.38 bits per heavy atom. The van der Waals surface area contributed by atoms with Gasteiger partial charge in [-0.25, -0.2) is 9.78 Å². The molecular formula is C15H21N3O3. The fourth-order valence-electron chi connectivity index (χ4n) is 2.56. The van der Waals surface area contributed by atoms with Crippen molar-refractivity contribution < 1.29 is 14.7 Å². The first-order valence-electron chi connectivity index (χ1n) is 7.07. The van der Waals surface area contributed by atoms with Gasteiger partial charge in [0.15, 0.2) is 0 Å². The molecule has 1 aromatic heterocycles. The highest BCUT2D eigenvalue weighted by Gasteiger charge is 2.35. The second-order valence-corrected chi connectivity index (χ2v) is 5.78. The number of amides is 1. The molecule has 2 unspecified atom stereocenters. The lowest BCUT2D eigenvalue weighted by molar-refractivity contribution is -0.144. The number of pyridine rings is 1. The van der Waals surface area contributed by atoms with Gasteiger partial charge in [0.2, 0.25) is 0 Å². The average molecular weight is 291 g/mol. The molecule has 6 nitrogen and oxygen atoms in total. The standard InChI is InChI=1S/C15H21N3O3/c1-10-6-7-18(12(8-10)15(20)21)14(19)11-4-5-13(16-9-11)17(2)3/h4-5,9-10,12H,6-8H2,1-3H3,(H,20,21). The number of rotatable bonds is 3. The van der Waals surface area contributed by atoms with Crippen LogP contribution in [0.1, 0.15) is 30.1 Å². The second-order valence-electron chi connectivity index (χ2n) is 5.78. The Morgan fingerprint density at radius 2 is 2.10 bits per heavy atom. The second kappa shape index (κ2) is 6.11. The highest BCUT2D eigenvalue weighted by molar-refractivity contribution is 5.96. The molecular weight excluding hydrogens is 270 g/mol. The number of hydrogen-bond donors (Lipinski definition) is 1. The number of carbonyl (C=O) groups excluding carboxylic acids is 1. The summed E-state index contributed by atoms with van der Waals surface area (Å²) in [6.07, 6.45) is 2.84. The molecule has 1 saturated heterocycles. The summed E-state index contributed by atoms with van der Waals surface area (Å²) in [6.45, 7) is 2.50. The number of piperidine rings is 1. The van der Waals surface area contributed by atoms with Crippen LogP contribution in [0.25, 0.3) is 0 Å². The van der Waals surface area contributed by atoms with E-state index in [1.165, 1.54) is 11.1 Å². The topological polar surface area (TPSA) is 73.7 Å². The van der Waals surface area contributed by atoms with Crippen molar-refractivity contribution in [3.05, 3.63) is 23.9 Å². The Labute approximate surface area is 124 Å². The van der Waals surface area contributed by atoms with Crippen molar-refractivity contribution in [2.24, 2.45) is 5.92 Å². The van der Waals surface area contributed by atoms with Crippen LogP contribution in [0.4, 0.5) is 5.82 Å². The lowest BCUT2D eigenvalue weighted by atomic mass is 9.92. The largest absolute Gasteiger partial charge is 0.480 e. The van der Waals surface area contributed by atoms with Crippen molar-refractivity contribution >= 4 is 17.7 Å². The van der Waals surface area contributed by atoms with E-state index in [0.717, 1.165) is 12.2 Å². The van der Waals surface area contributed by atoms with Gasteiger partial charge >= 0.3 is 5.97 Å². The zero-order chi connectivity index (χ0) is 15.6. The monoisotopic (exact) mass is 291 g/mol. The van der Waals surface area contributed by atoms with E-state index in [1.54, 1.807) is 12.1 Å². The highest BCUT2D eigenvalue weighted by Crippen LogP contribution is 2.24. The van der Waals surface area contributed by atoms with Crippen LogP contribution in [0.3, 0.4) is 0 Å². The van der Waals surface area contributed by atoms with Crippen molar-refractivity contribution in [1.82, 2.24) is 9.88 Å². The predicted molar refractivity (Wildman–Crippen MR) is 79.4 cm³/mol. The number of hydrogen-bond acceptors (Lipinski definition) is 4. The van der Waals surface area contributed by atoms with Gasteiger partial charge in [-0.3, -0.25) is 4.79 Å². The number of anilines is 1. The van der Waals surface area contributed by atoms with E-state index in [2.05, 4.69) is 4.98 Å². The zero-order valence-electron chi connectivity index (χ0n) is 12.6. The highest BCUT2D eigenvalue weighted by atomic mass is 16.4. The zero-order valence-corrected chi connectivity index (χ0v) is 12.6. The quantitative estimate of drug-likeness (QED) is 0.913. The summed E-state index contributed by atoms with van der Waals surface area (Å²) < 4.78 is 0. The molecule has 114 valence electrons. The van der Waals surface area contributed by atoms with Gasteiger partial charge in [-0.15, -0.1) is 0 Å². The van der Waals surface area contributed by atoms with Crippen LogP contribution in [-0.4, -0.2) is 53.5 Å². The van der Waals surface area contributed by atoms with Gasteiger partial charge in [0, 0.05) is 26.8 Å². The summed E-state index contributed by atoms with van der Waals surface area (Å²) >= 11 is 0.